The van der Waals surface area contributed by atoms with Crippen molar-refractivity contribution in [3.63, 3.8) is 0 Å². The summed E-state index contributed by atoms with van der Waals surface area (Å²) in [5.74, 6) is -0.874. The topological polar surface area (TPSA) is 115 Å². The third kappa shape index (κ3) is 3.52. The van der Waals surface area contributed by atoms with E-state index in [9.17, 15) is 18.0 Å². The Morgan fingerprint density at radius 3 is 2.68 bits per heavy atom. The maximum Gasteiger partial charge on any atom is 0.419 e. The number of carbonyl (C=O) groups is 1. The molecular formula is C16H17ClN4O5S2. The van der Waals surface area contributed by atoms with Gasteiger partial charge in [-0.05, 0) is 19.9 Å². The number of nitrogens with one attached hydrogen (secondary N) is 1. The van der Waals surface area contributed by atoms with Gasteiger partial charge in [0.2, 0.25) is 0 Å². The van der Waals surface area contributed by atoms with Crippen molar-refractivity contribution in [3.05, 3.63) is 38.3 Å². The van der Waals surface area contributed by atoms with Crippen LogP contribution in [-0.2, 0) is 16.6 Å². The van der Waals surface area contributed by atoms with Crippen LogP contribution in [-0.4, -0.2) is 42.9 Å². The normalized spacial score (nSPS) is 11.8. The van der Waals surface area contributed by atoms with Crippen LogP contribution >= 0.6 is 22.9 Å². The molecule has 2 heterocycles. The molecule has 0 unspecified atom stereocenters. The lowest BCUT2D eigenvalue weighted by Gasteiger charge is -2.08. The zero-order chi connectivity index (χ0) is 20.8. The highest BCUT2D eigenvalue weighted by Gasteiger charge is 2.24. The minimum Gasteiger partial charge on any atom is -0.408 e. The Labute approximate surface area is 169 Å². The Morgan fingerprint density at radius 1 is 1.39 bits per heavy atom. The molecule has 1 N–H and O–H groups in total. The Balaban J connectivity index is 2.02. The van der Waals surface area contributed by atoms with Gasteiger partial charge in [0.15, 0.2) is 10.7 Å². The van der Waals surface area contributed by atoms with Crippen molar-refractivity contribution >= 4 is 55.1 Å². The number of oxazole rings is 1. The number of hydrogen-bond acceptors (Lipinski definition) is 7. The number of fused-ring (bicyclic) bond motifs is 1. The number of benzene rings is 1. The summed E-state index contributed by atoms with van der Waals surface area (Å²) in [6.07, 6.45) is 0. The van der Waals surface area contributed by atoms with Crippen molar-refractivity contribution < 1.29 is 17.6 Å². The van der Waals surface area contributed by atoms with E-state index >= 15 is 0 Å². The lowest BCUT2D eigenvalue weighted by atomic mass is 10.3. The molecule has 9 nitrogen and oxygen atoms in total. The monoisotopic (exact) mass is 444 g/mol. The van der Waals surface area contributed by atoms with Crippen molar-refractivity contribution in [2.45, 2.75) is 25.3 Å². The Hall–Kier alpha value is -2.37. The summed E-state index contributed by atoms with van der Waals surface area (Å²) >= 11 is 7.09. The predicted octanol–water partition coefficient (Wildman–Crippen LogP) is 2.54. The molecule has 0 bridgehead atoms. The van der Waals surface area contributed by atoms with Gasteiger partial charge < -0.3 is 9.32 Å². The van der Waals surface area contributed by atoms with Gasteiger partial charge in [-0.1, -0.05) is 22.9 Å². The largest absolute Gasteiger partial charge is 0.419 e. The molecule has 2 aromatic heterocycles. The molecule has 0 aliphatic rings. The fraction of sp³-hybridized carbons (Fsp3) is 0.312. The van der Waals surface area contributed by atoms with Crippen LogP contribution in [0.15, 0.2) is 26.2 Å². The Bertz CT molecular complexity index is 1240. The van der Waals surface area contributed by atoms with Crippen LogP contribution in [0.4, 0.5) is 5.13 Å². The van der Waals surface area contributed by atoms with Gasteiger partial charge in [0.1, 0.15) is 9.77 Å². The predicted molar refractivity (Wildman–Crippen MR) is 107 cm³/mol. The van der Waals surface area contributed by atoms with Crippen molar-refractivity contribution in [1.82, 2.24) is 14.5 Å². The van der Waals surface area contributed by atoms with E-state index in [0.29, 0.717) is 22.6 Å². The summed E-state index contributed by atoms with van der Waals surface area (Å²) < 4.78 is 34.4. The van der Waals surface area contributed by atoms with Crippen molar-refractivity contribution in [2.75, 3.05) is 18.8 Å². The first kappa shape index (κ1) is 20.4. The first-order valence-electron chi connectivity index (χ1n) is 8.10. The molecule has 28 heavy (non-hydrogen) atoms. The number of rotatable bonds is 5. The molecule has 0 aliphatic heterocycles. The quantitative estimate of drug-likeness (QED) is 0.646. The van der Waals surface area contributed by atoms with Crippen molar-refractivity contribution in [2.24, 2.45) is 0 Å². The number of sulfonamides is 1. The van der Waals surface area contributed by atoms with Gasteiger partial charge in [-0.2, -0.15) is 0 Å². The molecular weight excluding hydrogens is 428 g/mol. The van der Waals surface area contributed by atoms with Gasteiger partial charge in [-0.3, -0.25) is 14.1 Å². The number of halogens is 1. The number of carbonyl (C=O) groups excluding carboxylic acids is 1. The van der Waals surface area contributed by atoms with E-state index in [4.69, 9.17) is 16.0 Å². The van der Waals surface area contributed by atoms with Crippen molar-refractivity contribution in [3.8, 4) is 0 Å². The second kappa shape index (κ2) is 7.22. The first-order valence-corrected chi connectivity index (χ1v) is 10.8. The fourth-order valence-corrected chi connectivity index (χ4v) is 5.34. The van der Waals surface area contributed by atoms with E-state index in [1.807, 2.05) is 0 Å². The third-order valence-electron chi connectivity index (χ3n) is 3.95. The summed E-state index contributed by atoms with van der Waals surface area (Å²) in [7, 11) is -0.938. The highest BCUT2D eigenvalue weighted by molar-refractivity contribution is 7.93. The van der Waals surface area contributed by atoms with E-state index in [1.165, 1.54) is 21.6 Å². The SMILES string of the molecule is CCn1c(=O)oc2cc(S(=O)(=O)Nc3nc(C)c(C(=O)N(C)C)s3)c(Cl)cc21. The van der Waals surface area contributed by atoms with Crippen LogP contribution in [0.2, 0.25) is 5.02 Å². The molecule has 0 saturated heterocycles. The number of aromatic nitrogens is 2. The molecule has 0 aliphatic carbocycles. The number of anilines is 1. The van der Waals surface area contributed by atoms with Gasteiger partial charge in [0, 0.05) is 26.7 Å². The van der Waals surface area contributed by atoms with E-state index in [1.54, 1.807) is 27.9 Å². The van der Waals surface area contributed by atoms with Gasteiger partial charge in [-0.15, -0.1) is 0 Å². The standard InChI is InChI=1S/C16H17ClN4O5S2/c1-5-21-10-6-9(17)12(7-11(10)26-16(21)23)28(24,25)19-15-18-8(2)13(27-15)14(22)20(3)4/h6-7H,5H2,1-4H3,(H,18,19). The molecule has 3 aromatic rings. The third-order valence-corrected chi connectivity index (χ3v) is 6.94. The second-order valence-corrected chi connectivity index (χ2v) is 9.16. The van der Waals surface area contributed by atoms with Gasteiger partial charge in [-0.25, -0.2) is 18.2 Å². The minimum absolute atomic E-state index is 0.0337. The highest BCUT2D eigenvalue weighted by Crippen LogP contribution is 2.31. The zero-order valence-corrected chi connectivity index (χ0v) is 17.8. The van der Waals surface area contributed by atoms with E-state index in [2.05, 4.69) is 9.71 Å². The van der Waals surface area contributed by atoms with E-state index in [0.717, 1.165) is 11.3 Å². The molecule has 0 spiro atoms. The molecule has 0 fully saturated rings. The van der Waals surface area contributed by atoms with Crippen LogP contribution in [0.3, 0.4) is 0 Å². The summed E-state index contributed by atoms with van der Waals surface area (Å²) in [4.78, 5) is 29.5. The average Bonchev–Trinajstić information content (AvgIpc) is 3.10. The smallest absolute Gasteiger partial charge is 0.408 e. The van der Waals surface area contributed by atoms with Gasteiger partial charge >= 0.3 is 5.76 Å². The summed E-state index contributed by atoms with van der Waals surface area (Å²) in [5.41, 5.74) is 0.921. The number of hydrogen-bond donors (Lipinski definition) is 1. The lowest BCUT2D eigenvalue weighted by Crippen LogP contribution is -2.21. The number of aryl methyl sites for hydroxylation is 2. The molecule has 3 rings (SSSR count). The molecule has 0 radical (unpaired) electrons. The first-order chi connectivity index (χ1) is 13.0. The Morgan fingerprint density at radius 2 is 2.07 bits per heavy atom. The summed E-state index contributed by atoms with van der Waals surface area (Å²) in [6, 6.07) is 2.56. The van der Waals surface area contributed by atoms with Crippen LogP contribution in [0.5, 0.6) is 0 Å². The van der Waals surface area contributed by atoms with Gasteiger partial charge in [0.25, 0.3) is 15.9 Å². The average molecular weight is 445 g/mol. The second-order valence-electron chi connectivity index (χ2n) is 6.10. The maximum absolute atomic E-state index is 12.8. The van der Waals surface area contributed by atoms with Crippen LogP contribution in [0.1, 0.15) is 22.3 Å². The summed E-state index contributed by atoms with van der Waals surface area (Å²) in [6.45, 7) is 3.73. The van der Waals surface area contributed by atoms with Crippen LogP contribution < -0.4 is 10.5 Å². The number of nitrogens with zero attached hydrogens (tertiary/aromatic N) is 3. The Kier molecular flexibility index (Phi) is 5.26. The summed E-state index contributed by atoms with van der Waals surface area (Å²) in [5, 5.41) is -0.0349. The zero-order valence-electron chi connectivity index (χ0n) is 15.4. The molecule has 0 saturated carbocycles. The maximum atomic E-state index is 12.8. The molecule has 0 atom stereocenters. The minimum atomic E-state index is -4.13. The lowest BCUT2D eigenvalue weighted by molar-refractivity contribution is 0.0831. The number of amides is 1. The van der Waals surface area contributed by atoms with E-state index < -0.39 is 15.8 Å². The fourth-order valence-electron chi connectivity index (χ4n) is 2.58. The molecule has 12 heteroatoms. The number of thiazole rings is 1. The molecule has 150 valence electrons. The molecule has 1 aromatic carbocycles. The highest BCUT2D eigenvalue weighted by atomic mass is 35.5. The van der Waals surface area contributed by atoms with Crippen LogP contribution in [0.25, 0.3) is 11.1 Å². The van der Waals surface area contributed by atoms with Crippen molar-refractivity contribution in [1.29, 1.82) is 0 Å². The molecule has 1 amide bonds. The van der Waals surface area contributed by atoms with E-state index in [-0.39, 0.29) is 26.5 Å². The van der Waals surface area contributed by atoms with Gasteiger partial charge in [0.05, 0.1) is 16.2 Å². The van der Waals surface area contributed by atoms with Crippen LogP contribution in [0, 0.1) is 6.92 Å².